The number of rotatable bonds is 9. The molecule has 2 aromatic carbocycles. The summed E-state index contributed by atoms with van der Waals surface area (Å²) in [6.07, 6.45) is 1.31. The van der Waals surface area contributed by atoms with Crippen LogP contribution in [0.4, 0.5) is 0 Å². The lowest BCUT2D eigenvalue weighted by Crippen LogP contribution is -2.11. The van der Waals surface area contributed by atoms with Gasteiger partial charge in [0.25, 0.3) is 0 Å². The Morgan fingerprint density at radius 3 is 2.55 bits per heavy atom. The number of carbonyl (C=O) groups is 1. The van der Waals surface area contributed by atoms with E-state index in [0.29, 0.717) is 21.9 Å². The topological polar surface area (TPSA) is 66.4 Å². The predicted octanol–water partition coefficient (Wildman–Crippen LogP) is 4.38. The molecule has 2 aromatic rings. The summed E-state index contributed by atoms with van der Waals surface area (Å²) in [4.78, 5) is 17.7. The van der Waals surface area contributed by atoms with Crippen LogP contribution in [0.5, 0.6) is 0 Å². The maximum absolute atomic E-state index is 12.2. The van der Waals surface area contributed by atoms with E-state index in [-0.39, 0.29) is 18.8 Å². The van der Waals surface area contributed by atoms with E-state index in [4.69, 9.17) is 30.6 Å². The van der Waals surface area contributed by atoms with Crippen molar-refractivity contribution in [2.24, 2.45) is 5.16 Å². The van der Waals surface area contributed by atoms with Crippen LogP contribution < -0.4 is 0 Å². The van der Waals surface area contributed by atoms with Crippen molar-refractivity contribution in [3.63, 3.8) is 0 Å². The zero-order chi connectivity index (χ0) is 21.2. The third-order valence-electron chi connectivity index (χ3n) is 4.07. The van der Waals surface area contributed by atoms with Crippen LogP contribution in [0.1, 0.15) is 22.3 Å². The number of aryl methyl sites for hydroxylation is 1. The lowest BCUT2D eigenvalue weighted by molar-refractivity contribution is -0.133. The molecule has 0 saturated carbocycles. The van der Waals surface area contributed by atoms with E-state index in [2.05, 4.69) is 5.16 Å². The minimum absolute atomic E-state index is 0.0477. The molecule has 0 aliphatic rings. The molecule has 0 N–H and O–H groups in total. The summed E-state index contributed by atoms with van der Waals surface area (Å²) in [5, 5.41) is 4.68. The first-order chi connectivity index (χ1) is 14.0. The summed E-state index contributed by atoms with van der Waals surface area (Å²) in [7, 11) is 4.35. The normalized spacial score (nSPS) is 11.9. The fourth-order valence-electron chi connectivity index (χ4n) is 2.71. The molecule has 0 atom stereocenters. The summed E-state index contributed by atoms with van der Waals surface area (Å²) in [5.74, 6) is -0.543. The Kier molecular flexibility index (Phi) is 8.70. The third-order valence-corrected chi connectivity index (χ3v) is 4.42. The van der Waals surface area contributed by atoms with E-state index in [1.807, 2.05) is 31.2 Å². The number of hydrogen-bond donors (Lipinski definition) is 0. The van der Waals surface area contributed by atoms with Gasteiger partial charge in [-0.15, -0.1) is 0 Å². The van der Waals surface area contributed by atoms with Crippen LogP contribution >= 0.6 is 11.6 Å². The number of benzene rings is 2. The maximum atomic E-state index is 12.2. The summed E-state index contributed by atoms with van der Waals surface area (Å²) in [6.45, 7) is 2.34. The molecule has 0 aliphatic carbocycles. The zero-order valence-electron chi connectivity index (χ0n) is 16.9. The first-order valence-corrected chi connectivity index (χ1v) is 9.23. The fourth-order valence-corrected chi connectivity index (χ4v) is 2.93. The highest BCUT2D eigenvalue weighted by molar-refractivity contribution is 6.32. The van der Waals surface area contributed by atoms with Crippen LogP contribution in [0.3, 0.4) is 0 Å². The number of esters is 1. The maximum Gasteiger partial charge on any atom is 0.341 e. The molecule has 0 aromatic heterocycles. The van der Waals surface area contributed by atoms with Crippen LogP contribution in [0.15, 0.2) is 53.9 Å². The molecule has 0 unspecified atom stereocenters. The van der Waals surface area contributed by atoms with Crippen molar-refractivity contribution < 1.29 is 23.8 Å². The molecule has 0 saturated heterocycles. The SMILES string of the molecule is CO/C=C(/C(=O)OC)c1cccc(Cl)c1CO/N=C(\COC)c1cccc(C)c1. The van der Waals surface area contributed by atoms with Crippen LogP contribution in [0.2, 0.25) is 5.02 Å². The number of oxime groups is 1. The van der Waals surface area contributed by atoms with E-state index in [1.165, 1.54) is 20.5 Å². The Morgan fingerprint density at radius 1 is 1.14 bits per heavy atom. The Balaban J connectivity index is 2.33. The summed E-state index contributed by atoms with van der Waals surface area (Å²) in [5.41, 5.74) is 4.02. The largest absolute Gasteiger partial charge is 0.503 e. The molecule has 0 amide bonds. The van der Waals surface area contributed by atoms with Crippen molar-refractivity contribution in [3.8, 4) is 0 Å². The van der Waals surface area contributed by atoms with Gasteiger partial charge in [0, 0.05) is 28.8 Å². The van der Waals surface area contributed by atoms with E-state index >= 15 is 0 Å². The van der Waals surface area contributed by atoms with Gasteiger partial charge in [0.15, 0.2) is 0 Å². The van der Waals surface area contributed by atoms with Gasteiger partial charge in [-0.1, -0.05) is 52.7 Å². The molecule has 6 nitrogen and oxygen atoms in total. The van der Waals surface area contributed by atoms with Gasteiger partial charge in [0.2, 0.25) is 0 Å². The number of ether oxygens (including phenoxy) is 3. The van der Waals surface area contributed by atoms with Gasteiger partial charge >= 0.3 is 5.97 Å². The second kappa shape index (κ2) is 11.2. The number of halogens is 1. The molecule has 0 fully saturated rings. The number of hydrogen-bond acceptors (Lipinski definition) is 6. The molecule has 154 valence electrons. The first-order valence-electron chi connectivity index (χ1n) is 8.85. The van der Waals surface area contributed by atoms with Gasteiger partial charge in [-0.25, -0.2) is 4.79 Å². The average Bonchev–Trinajstić information content (AvgIpc) is 2.72. The summed E-state index contributed by atoms with van der Waals surface area (Å²) >= 11 is 6.36. The van der Waals surface area contributed by atoms with Crippen molar-refractivity contribution in [1.29, 1.82) is 0 Å². The minimum Gasteiger partial charge on any atom is -0.503 e. The van der Waals surface area contributed by atoms with E-state index < -0.39 is 5.97 Å². The summed E-state index contributed by atoms with van der Waals surface area (Å²) in [6, 6.07) is 13.1. The second-order valence-corrected chi connectivity index (χ2v) is 6.55. The van der Waals surface area contributed by atoms with Crippen molar-refractivity contribution in [1.82, 2.24) is 0 Å². The Hall–Kier alpha value is -2.83. The van der Waals surface area contributed by atoms with Crippen LogP contribution in [0.25, 0.3) is 5.57 Å². The van der Waals surface area contributed by atoms with Crippen molar-refractivity contribution in [3.05, 3.63) is 76.0 Å². The van der Waals surface area contributed by atoms with Gasteiger partial charge in [0.05, 0.1) is 27.1 Å². The molecule has 0 radical (unpaired) electrons. The van der Waals surface area contributed by atoms with Crippen molar-refractivity contribution in [2.45, 2.75) is 13.5 Å². The average molecular weight is 418 g/mol. The standard InChI is InChI=1S/C22H24ClNO5/c1-15-7-5-8-16(11-15)21(14-27-3)24-29-13-18-17(9-6-10-20(18)23)19(12-26-2)22(25)28-4/h5-12H,13-14H2,1-4H3/b19-12+,24-21+. The highest BCUT2D eigenvalue weighted by Crippen LogP contribution is 2.28. The lowest BCUT2D eigenvalue weighted by atomic mass is 10.0. The molecule has 0 spiro atoms. The Labute approximate surface area is 175 Å². The molecule has 2 rings (SSSR count). The van der Waals surface area contributed by atoms with Crippen molar-refractivity contribution >= 4 is 28.9 Å². The van der Waals surface area contributed by atoms with Gasteiger partial charge < -0.3 is 19.0 Å². The first kappa shape index (κ1) is 22.5. The quantitative estimate of drug-likeness (QED) is 0.199. The minimum atomic E-state index is -0.543. The lowest BCUT2D eigenvalue weighted by Gasteiger charge is -2.13. The second-order valence-electron chi connectivity index (χ2n) is 6.14. The summed E-state index contributed by atoms with van der Waals surface area (Å²) < 4.78 is 15.1. The van der Waals surface area contributed by atoms with Gasteiger partial charge in [-0.05, 0) is 19.1 Å². The smallest absolute Gasteiger partial charge is 0.341 e. The van der Waals surface area contributed by atoms with Crippen molar-refractivity contribution in [2.75, 3.05) is 27.9 Å². The van der Waals surface area contributed by atoms with E-state index in [9.17, 15) is 4.79 Å². The third kappa shape index (κ3) is 6.07. The van der Waals surface area contributed by atoms with Crippen LogP contribution in [-0.4, -0.2) is 39.6 Å². The number of nitrogens with zero attached hydrogens (tertiary/aromatic N) is 1. The molecule has 7 heteroatoms. The van der Waals surface area contributed by atoms with E-state index in [0.717, 1.165) is 11.1 Å². The van der Waals surface area contributed by atoms with Crippen LogP contribution in [-0.2, 0) is 30.4 Å². The van der Waals surface area contributed by atoms with Crippen LogP contribution in [0, 0.1) is 6.92 Å². The molecule has 0 bridgehead atoms. The highest BCUT2D eigenvalue weighted by Gasteiger charge is 2.19. The number of methoxy groups -OCH3 is 3. The monoisotopic (exact) mass is 417 g/mol. The van der Waals surface area contributed by atoms with Gasteiger partial charge in [-0.3, -0.25) is 0 Å². The molecule has 0 heterocycles. The molecule has 29 heavy (non-hydrogen) atoms. The van der Waals surface area contributed by atoms with Gasteiger partial charge in [0.1, 0.15) is 17.9 Å². The fraction of sp³-hybridized carbons (Fsp3) is 0.273. The number of carbonyl (C=O) groups excluding carboxylic acids is 1. The Morgan fingerprint density at radius 2 is 1.90 bits per heavy atom. The highest BCUT2D eigenvalue weighted by atomic mass is 35.5. The van der Waals surface area contributed by atoms with Gasteiger partial charge in [-0.2, -0.15) is 0 Å². The molecular formula is C22H24ClNO5. The predicted molar refractivity (Wildman–Crippen MR) is 113 cm³/mol. The molecular weight excluding hydrogens is 394 g/mol. The zero-order valence-corrected chi connectivity index (χ0v) is 17.7. The van der Waals surface area contributed by atoms with E-state index in [1.54, 1.807) is 25.3 Å². The Bertz CT molecular complexity index is 908. The molecule has 0 aliphatic heterocycles.